The van der Waals surface area contributed by atoms with Crippen LogP contribution in [0.2, 0.25) is 0 Å². The lowest BCUT2D eigenvalue weighted by atomic mass is 9.93. The van der Waals surface area contributed by atoms with Gasteiger partial charge >= 0.3 is 0 Å². The Labute approximate surface area is 96.6 Å². The highest BCUT2D eigenvalue weighted by Gasteiger charge is 2.20. The van der Waals surface area contributed by atoms with E-state index in [2.05, 4.69) is 12.1 Å². The summed E-state index contributed by atoms with van der Waals surface area (Å²) in [5, 5.41) is 0. The molecule has 1 aliphatic rings. The highest BCUT2D eigenvalue weighted by atomic mass is 16.5. The quantitative estimate of drug-likeness (QED) is 0.776. The van der Waals surface area contributed by atoms with Gasteiger partial charge in [0, 0.05) is 18.9 Å². The van der Waals surface area contributed by atoms with Crippen LogP contribution in [0.15, 0.2) is 30.3 Å². The third kappa shape index (κ3) is 3.17. The summed E-state index contributed by atoms with van der Waals surface area (Å²) in [6.07, 6.45) is 3.55. The molecule has 0 bridgehead atoms. The SMILES string of the molecule is O=C(CCc1ccccc1)C1CCCOC1. The van der Waals surface area contributed by atoms with Crippen molar-refractivity contribution in [1.82, 2.24) is 0 Å². The molecular formula is C14H18O2. The summed E-state index contributed by atoms with van der Waals surface area (Å²) in [4.78, 5) is 11.9. The highest BCUT2D eigenvalue weighted by molar-refractivity contribution is 5.81. The smallest absolute Gasteiger partial charge is 0.138 e. The monoisotopic (exact) mass is 218 g/mol. The van der Waals surface area contributed by atoms with E-state index >= 15 is 0 Å². The molecular weight excluding hydrogens is 200 g/mol. The van der Waals surface area contributed by atoms with Crippen LogP contribution in [0.25, 0.3) is 0 Å². The molecule has 0 aromatic heterocycles. The second kappa shape index (κ2) is 5.80. The van der Waals surface area contributed by atoms with Crippen LogP contribution in [0.5, 0.6) is 0 Å². The maximum atomic E-state index is 11.9. The maximum absolute atomic E-state index is 11.9. The van der Waals surface area contributed by atoms with E-state index in [4.69, 9.17) is 4.74 Å². The first kappa shape index (κ1) is 11.3. The van der Waals surface area contributed by atoms with E-state index in [0.29, 0.717) is 18.8 Å². The van der Waals surface area contributed by atoms with Crippen molar-refractivity contribution < 1.29 is 9.53 Å². The molecule has 0 amide bonds. The minimum absolute atomic E-state index is 0.150. The third-order valence-corrected chi connectivity index (χ3v) is 3.12. The number of Topliss-reactive ketones (excluding diaryl/α,β-unsaturated/α-hetero) is 1. The van der Waals surface area contributed by atoms with E-state index in [1.807, 2.05) is 18.2 Å². The molecule has 0 saturated carbocycles. The minimum atomic E-state index is 0.150. The van der Waals surface area contributed by atoms with Gasteiger partial charge in [0.15, 0.2) is 0 Å². The molecule has 1 heterocycles. The van der Waals surface area contributed by atoms with Crippen molar-refractivity contribution in [3.8, 4) is 0 Å². The third-order valence-electron chi connectivity index (χ3n) is 3.12. The van der Waals surface area contributed by atoms with Crippen LogP contribution in [-0.4, -0.2) is 19.0 Å². The average Bonchev–Trinajstić information content (AvgIpc) is 2.38. The lowest BCUT2D eigenvalue weighted by Gasteiger charge is -2.20. The molecule has 1 aromatic rings. The van der Waals surface area contributed by atoms with E-state index in [1.54, 1.807) is 0 Å². The van der Waals surface area contributed by atoms with E-state index < -0.39 is 0 Å². The average molecular weight is 218 g/mol. The molecule has 1 aromatic carbocycles. The van der Waals surface area contributed by atoms with Crippen molar-refractivity contribution in [3.63, 3.8) is 0 Å². The van der Waals surface area contributed by atoms with Crippen LogP contribution in [0.3, 0.4) is 0 Å². The largest absolute Gasteiger partial charge is 0.381 e. The molecule has 1 unspecified atom stereocenters. The minimum Gasteiger partial charge on any atom is -0.381 e. The van der Waals surface area contributed by atoms with Gasteiger partial charge in [0.05, 0.1) is 6.61 Å². The Hall–Kier alpha value is -1.15. The van der Waals surface area contributed by atoms with Crippen LogP contribution in [0, 0.1) is 5.92 Å². The Morgan fingerprint density at radius 1 is 1.31 bits per heavy atom. The molecule has 86 valence electrons. The predicted octanol–water partition coefficient (Wildman–Crippen LogP) is 2.61. The van der Waals surface area contributed by atoms with Crippen LogP contribution in [0.1, 0.15) is 24.8 Å². The predicted molar refractivity (Wildman–Crippen MR) is 63.3 cm³/mol. The Morgan fingerprint density at radius 2 is 2.12 bits per heavy atom. The molecule has 2 rings (SSSR count). The number of benzene rings is 1. The molecule has 0 N–H and O–H groups in total. The van der Waals surface area contributed by atoms with Crippen LogP contribution in [0.4, 0.5) is 0 Å². The fourth-order valence-corrected chi connectivity index (χ4v) is 2.11. The van der Waals surface area contributed by atoms with Crippen molar-refractivity contribution >= 4 is 5.78 Å². The van der Waals surface area contributed by atoms with Crippen molar-refractivity contribution in [1.29, 1.82) is 0 Å². The number of aryl methyl sites for hydroxylation is 1. The van der Waals surface area contributed by atoms with Crippen molar-refractivity contribution in [2.24, 2.45) is 5.92 Å². The first-order valence-electron chi connectivity index (χ1n) is 6.00. The highest BCUT2D eigenvalue weighted by Crippen LogP contribution is 2.17. The molecule has 0 aliphatic carbocycles. The zero-order valence-electron chi connectivity index (χ0n) is 9.52. The molecule has 1 saturated heterocycles. The lowest BCUT2D eigenvalue weighted by molar-refractivity contribution is -0.126. The summed E-state index contributed by atoms with van der Waals surface area (Å²) >= 11 is 0. The van der Waals surface area contributed by atoms with E-state index in [-0.39, 0.29) is 5.92 Å². The van der Waals surface area contributed by atoms with Crippen LogP contribution in [-0.2, 0) is 16.0 Å². The summed E-state index contributed by atoms with van der Waals surface area (Å²) in [5.41, 5.74) is 1.24. The normalized spacial score (nSPS) is 20.6. The van der Waals surface area contributed by atoms with E-state index in [9.17, 15) is 4.79 Å². The van der Waals surface area contributed by atoms with Gasteiger partial charge in [-0.1, -0.05) is 30.3 Å². The van der Waals surface area contributed by atoms with Crippen LogP contribution >= 0.6 is 0 Å². The molecule has 1 fully saturated rings. The molecule has 0 spiro atoms. The first-order chi connectivity index (χ1) is 7.86. The van der Waals surface area contributed by atoms with Crippen molar-refractivity contribution in [3.05, 3.63) is 35.9 Å². The number of ether oxygens (including phenoxy) is 1. The van der Waals surface area contributed by atoms with Crippen molar-refractivity contribution in [2.45, 2.75) is 25.7 Å². The summed E-state index contributed by atoms with van der Waals surface area (Å²) in [6, 6.07) is 10.2. The zero-order chi connectivity index (χ0) is 11.2. The molecule has 1 atom stereocenters. The van der Waals surface area contributed by atoms with E-state index in [1.165, 1.54) is 5.56 Å². The number of carbonyl (C=O) groups excluding carboxylic acids is 1. The topological polar surface area (TPSA) is 26.3 Å². The van der Waals surface area contributed by atoms with Crippen molar-refractivity contribution in [2.75, 3.05) is 13.2 Å². The lowest BCUT2D eigenvalue weighted by Crippen LogP contribution is -2.25. The number of rotatable bonds is 4. The van der Waals surface area contributed by atoms with Gasteiger partial charge in [0.25, 0.3) is 0 Å². The molecule has 2 nitrogen and oxygen atoms in total. The Balaban J connectivity index is 1.79. The van der Waals surface area contributed by atoms with E-state index in [0.717, 1.165) is 25.9 Å². The Morgan fingerprint density at radius 3 is 2.81 bits per heavy atom. The summed E-state index contributed by atoms with van der Waals surface area (Å²) in [6.45, 7) is 1.45. The molecule has 0 radical (unpaired) electrons. The molecule has 16 heavy (non-hydrogen) atoms. The maximum Gasteiger partial charge on any atom is 0.138 e. The number of ketones is 1. The van der Waals surface area contributed by atoms with Gasteiger partial charge in [-0.3, -0.25) is 4.79 Å². The zero-order valence-corrected chi connectivity index (χ0v) is 9.52. The summed E-state index contributed by atoms with van der Waals surface area (Å²) in [7, 11) is 0. The number of carbonyl (C=O) groups is 1. The second-order valence-corrected chi connectivity index (χ2v) is 4.37. The van der Waals surface area contributed by atoms with Gasteiger partial charge in [-0.2, -0.15) is 0 Å². The van der Waals surface area contributed by atoms with Gasteiger partial charge in [-0.25, -0.2) is 0 Å². The van der Waals surface area contributed by atoms with Crippen LogP contribution < -0.4 is 0 Å². The van der Waals surface area contributed by atoms with Gasteiger partial charge < -0.3 is 4.74 Å². The van der Waals surface area contributed by atoms with Gasteiger partial charge in [-0.05, 0) is 24.8 Å². The Bertz CT molecular complexity index is 326. The summed E-state index contributed by atoms with van der Waals surface area (Å²) < 4.78 is 5.33. The molecule has 1 aliphatic heterocycles. The number of hydrogen-bond donors (Lipinski definition) is 0. The van der Waals surface area contributed by atoms with Gasteiger partial charge in [-0.15, -0.1) is 0 Å². The molecule has 2 heteroatoms. The first-order valence-corrected chi connectivity index (χ1v) is 6.00. The second-order valence-electron chi connectivity index (χ2n) is 4.37. The standard InChI is InChI=1S/C14H18O2/c15-14(13-7-4-10-16-11-13)9-8-12-5-2-1-3-6-12/h1-3,5-6,13H,4,7-11H2. The summed E-state index contributed by atoms with van der Waals surface area (Å²) in [5.74, 6) is 0.515. The Kier molecular flexibility index (Phi) is 4.11. The fraction of sp³-hybridized carbons (Fsp3) is 0.500. The number of hydrogen-bond acceptors (Lipinski definition) is 2. The van der Waals surface area contributed by atoms with Gasteiger partial charge in [0.2, 0.25) is 0 Å². The fourth-order valence-electron chi connectivity index (χ4n) is 2.11. The van der Waals surface area contributed by atoms with Gasteiger partial charge in [0.1, 0.15) is 5.78 Å².